The van der Waals surface area contributed by atoms with Crippen molar-refractivity contribution in [2.75, 3.05) is 13.6 Å². The van der Waals surface area contributed by atoms with Crippen molar-refractivity contribution in [1.29, 1.82) is 0 Å². The van der Waals surface area contributed by atoms with E-state index < -0.39 is 0 Å². The zero-order valence-corrected chi connectivity index (χ0v) is 14.3. The van der Waals surface area contributed by atoms with Gasteiger partial charge in [-0.3, -0.25) is 0 Å². The van der Waals surface area contributed by atoms with Crippen LogP contribution in [0.2, 0.25) is 0 Å². The molecule has 21 heavy (non-hydrogen) atoms. The van der Waals surface area contributed by atoms with Gasteiger partial charge in [-0.2, -0.15) is 0 Å². The minimum absolute atomic E-state index is 1.06. The minimum atomic E-state index is 1.06. The number of rotatable bonds is 7. The molecule has 1 aromatic rings. The van der Waals surface area contributed by atoms with Crippen molar-refractivity contribution in [2.45, 2.75) is 52.9 Å². The highest BCUT2D eigenvalue weighted by Crippen LogP contribution is 2.29. The Hall–Kier alpha value is -1.34. The van der Waals surface area contributed by atoms with Gasteiger partial charge in [0.05, 0.1) is 0 Å². The minimum Gasteiger partial charge on any atom is -0.320 e. The van der Waals surface area contributed by atoms with Crippen LogP contribution in [0.3, 0.4) is 0 Å². The zero-order chi connectivity index (χ0) is 15.7. The molecule has 0 bridgehead atoms. The molecule has 2 rings (SSSR count). The first-order chi connectivity index (χ1) is 10.2. The Kier molecular flexibility index (Phi) is 8.07. The average Bonchev–Trinajstić information content (AvgIpc) is 2.92. The Labute approximate surface area is 131 Å². The summed E-state index contributed by atoms with van der Waals surface area (Å²) in [6, 6.07) is 6.96. The second-order valence-corrected chi connectivity index (χ2v) is 5.57. The van der Waals surface area contributed by atoms with Crippen LogP contribution in [-0.2, 0) is 12.8 Å². The lowest BCUT2D eigenvalue weighted by molar-refractivity contribution is 0.642. The third-order valence-electron chi connectivity index (χ3n) is 3.86. The number of unbranched alkanes of at least 4 members (excludes halogenated alkanes) is 2. The monoisotopic (exact) mass is 285 g/mol. The fourth-order valence-corrected chi connectivity index (χ4v) is 2.62. The van der Waals surface area contributed by atoms with Crippen LogP contribution in [0.1, 0.15) is 56.7 Å². The molecule has 1 N–H and O–H groups in total. The average molecular weight is 285 g/mol. The molecule has 0 atom stereocenters. The van der Waals surface area contributed by atoms with Crippen LogP contribution < -0.4 is 5.32 Å². The lowest BCUT2D eigenvalue weighted by Crippen LogP contribution is -2.07. The van der Waals surface area contributed by atoms with Crippen molar-refractivity contribution >= 4 is 6.08 Å². The highest BCUT2D eigenvalue weighted by Gasteiger charge is 2.13. The van der Waals surface area contributed by atoms with Gasteiger partial charge < -0.3 is 5.32 Å². The van der Waals surface area contributed by atoms with Gasteiger partial charge in [-0.25, -0.2) is 0 Å². The highest BCUT2D eigenvalue weighted by molar-refractivity contribution is 5.68. The molecular weight excluding hydrogens is 254 g/mol. The van der Waals surface area contributed by atoms with Gasteiger partial charge in [-0.05, 0) is 68.5 Å². The van der Waals surface area contributed by atoms with Crippen LogP contribution >= 0.6 is 0 Å². The third kappa shape index (κ3) is 5.51. The van der Waals surface area contributed by atoms with Crippen LogP contribution in [0.4, 0.5) is 0 Å². The van der Waals surface area contributed by atoms with Crippen molar-refractivity contribution in [1.82, 2.24) is 5.32 Å². The molecule has 0 radical (unpaired) electrons. The number of hydrogen-bond donors (Lipinski definition) is 1. The van der Waals surface area contributed by atoms with Crippen LogP contribution in [-0.4, -0.2) is 13.6 Å². The van der Waals surface area contributed by atoms with Crippen LogP contribution in [0.15, 0.2) is 35.9 Å². The van der Waals surface area contributed by atoms with Gasteiger partial charge in [0.15, 0.2) is 0 Å². The Morgan fingerprint density at radius 2 is 1.95 bits per heavy atom. The summed E-state index contributed by atoms with van der Waals surface area (Å²) in [5, 5.41) is 3.20. The Balaban J connectivity index is 0.00000106. The summed E-state index contributed by atoms with van der Waals surface area (Å²) in [6.07, 6.45) is 8.45. The lowest BCUT2D eigenvalue weighted by atomic mass is 10.0. The van der Waals surface area contributed by atoms with Crippen molar-refractivity contribution in [2.24, 2.45) is 0 Å². The highest BCUT2D eigenvalue weighted by atomic mass is 14.8. The van der Waals surface area contributed by atoms with E-state index in [2.05, 4.69) is 43.1 Å². The number of hydrogen-bond acceptors (Lipinski definition) is 1. The van der Waals surface area contributed by atoms with Gasteiger partial charge in [0.2, 0.25) is 0 Å². The predicted octanol–water partition coefficient (Wildman–Crippen LogP) is 5.16. The van der Waals surface area contributed by atoms with E-state index in [9.17, 15) is 0 Å². The molecule has 0 aliphatic heterocycles. The standard InChI is InChI=1S/C18H25N.C2H6/c1-14(2)17-12-16-9-8-15(11-18(16)13-17)7-5-4-6-10-19-3;1-2/h8-9,11,13,19H,1,4-7,10,12H2,2-3H3;1-2H3. The van der Waals surface area contributed by atoms with Crippen molar-refractivity contribution in [3.05, 3.63) is 52.6 Å². The molecule has 0 unspecified atom stereocenters. The normalized spacial score (nSPS) is 12.3. The molecule has 1 aliphatic carbocycles. The fraction of sp³-hybridized carbons (Fsp3) is 0.500. The second-order valence-electron chi connectivity index (χ2n) is 5.57. The number of benzene rings is 1. The molecule has 0 amide bonds. The molecule has 0 saturated heterocycles. The summed E-state index contributed by atoms with van der Waals surface area (Å²) in [6.45, 7) is 11.3. The first-order valence-corrected chi connectivity index (χ1v) is 8.33. The SMILES string of the molecule is C=C(C)C1=Cc2cc(CCCCCNC)ccc2C1.CC. The summed E-state index contributed by atoms with van der Waals surface area (Å²) in [7, 11) is 2.02. The quantitative estimate of drug-likeness (QED) is 0.682. The zero-order valence-electron chi connectivity index (χ0n) is 14.3. The van der Waals surface area contributed by atoms with Crippen molar-refractivity contribution in [3.63, 3.8) is 0 Å². The fourth-order valence-electron chi connectivity index (χ4n) is 2.62. The predicted molar refractivity (Wildman–Crippen MR) is 95.8 cm³/mol. The van der Waals surface area contributed by atoms with E-state index in [0.29, 0.717) is 0 Å². The molecule has 0 heterocycles. The molecule has 1 nitrogen and oxygen atoms in total. The number of allylic oxidation sites excluding steroid dienone is 2. The van der Waals surface area contributed by atoms with Gasteiger partial charge in [-0.15, -0.1) is 0 Å². The van der Waals surface area contributed by atoms with E-state index in [1.165, 1.54) is 53.5 Å². The Morgan fingerprint density at radius 3 is 2.62 bits per heavy atom. The number of fused-ring (bicyclic) bond motifs is 1. The third-order valence-corrected chi connectivity index (χ3v) is 3.86. The van der Waals surface area contributed by atoms with E-state index >= 15 is 0 Å². The lowest BCUT2D eigenvalue weighted by Gasteiger charge is -2.05. The molecule has 0 saturated carbocycles. The maximum absolute atomic E-state index is 4.05. The molecule has 1 aromatic carbocycles. The van der Waals surface area contributed by atoms with E-state index in [4.69, 9.17) is 0 Å². The second kappa shape index (κ2) is 9.57. The van der Waals surface area contributed by atoms with Crippen LogP contribution in [0, 0.1) is 0 Å². The Bertz CT molecular complexity index is 483. The van der Waals surface area contributed by atoms with Crippen molar-refractivity contribution < 1.29 is 0 Å². The first kappa shape index (κ1) is 17.7. The number of aryl methyl sites for hydroxylation is 1. The summed E-state index contributed by atoms with van der Waals surface area (Å²) >= 11 is 0. The van der Waals surface area contributed by atoms with Gasteiger partial charge >= 0.3 is 0 Å². The smallest absolute Gasteiger partial charge is 0.00172 e. The molecule has 0 spiro atoms. The van der Waals surface area contributed by atoms with Gasteiger partial charge in [0, 0.05) is 0 Å². The summed E-state index contributed by atoms with van der Waals surface area (Å²) < 4.78 is 0. The summed E-state index contributed by atoms with van der Waals surface area (Å²) in [5.41, 5.74) is 6.93. The maximum Gasteiger partial charge on any atom is -0.00172 e. The first-order valence-electron chi connectivity index (χ1n) is 8.33. The maximum atomic E-state index is 4.05. The van der Waals surface area contributed by atoms with Gasteiger partial charge in [-0.1, -0.05) is 56.7 Å². The summed E-state index contributed by atoms with van der Waals surface area (Å²) in [5.74, 6) is 0. The van der Waals surface area contributed by atoms with Gasteiger partial charge in [0.25, 0.3) is 0 Å². The number of nitrogens with one attached hydrogen (secondary N) is 1. The van der Waals surface area contributed by atoms with E-state index in [1.54, 1.807) is 0 Å². The summed E-state index contributed by atoms with van der Waals surface area (Å²) in [4.78, 5) is 0. The topological polar surface area (TPSA) is 12.0 Å². The van der Waals surface area contributed by atoms with E-state index in [1.807, 2.05) is 20.9 Å². The van der Waals surface area contributed by atoms with Crippen LogP contribution in [0.5, 0.6) is 0 Å². The van der Waals surface area contributed by atoms with E-state index in [-0.39, 0.29) is 0 Å². The molecule has 0 aromatic heterocycles. The van der Waals surface area contributed by atoms with Crippen molar-refractivity contribution in [3.8, 4) is 0 Å². The molecule has 1 aliphatic rings. The van der Waals surface area contributed by atoms with E-state index in [0.717, 1.165) is 13.0 Å². The Morgan fingerprint density at radius 1 is 1.19 bits per heavy atom. The molecule has 1 heteroatoms. The molecular formula is C20H31N. The molecule has 116 valence electrons. The molecule has 0 fully saturated rings. The van der Waals surface area contributed by atoms with Gasteiger partial charge in [0.1, 0.15) is 0 Å². The largest absolute Gasteiger partial charge is 0.320 e. The van der Waals surface area contributed by atoms with Crippen LogP contribution in [0.25, 0.3) is 6.08 Å².